The average molecular weight is 536 g/mol. The van der Waals surface area contributed by atoms with Crippen molar-refractivity contribution in [2.24, 2.45) is 0 Å². The molecule has 1 saturated heterocycles. The fourth-order valence-corrected chi connectivity index (χ4v) is 5.31. The van der Waals surface area contributed by atoms with E-state index in [0.717, 1.165) is 62.8 Å². The van der Waals surface area contributed by atoms with E-state index in [-0.39, 0.29) is 5.91 Å². The first-order valence-corrected chi connectivity index (χ1v) is 14.2. The zero-order chi connectivity index (χ0) is 26.0. The highest BCUT2D eigenvalue weighted by atomic mass is 35.5. The number of benzene rings is 2. The molecule has 0 saturated carbocycles. The second-order valence-electron chi connectivity index (χ2n) is 8.90. The van der Waals surface area contributed by atoms with Gasteiger partial charge in [-0.2, -0.15) is 0 Å². The summed E-state index contributed by atoms with van der Waals surface area (Å²) in [6.45, 7) is 10.1. The molecule has 0 unspecified atom stereocenters. The summed E-state index contributed by atoms with van der Waals surface area (Å²) in [4.78, 5) is 28.6. The predicted octanol–water partition coefficient (Wildman–Crippen LogP) is 5.74. The summed E-state index contributed by atoms with van der Waals surface area (Å²) in [6, 6.07) is 20.0. The second kappa shape index (κ2) is 13.6. The number of nitrogens with zero attached hydrogens (tertiary/aromatic N) is 5. The van der Waals surface area contributed by atoms with E-state index in [0.29, 0.717) is 16.1 Å². The van der Waals surface area contributed by atoms with Crippen molar-refractivity contribution in [2.45, 2.75) is 24.8 Å². The van der Waals surface area contributed by atoms with Crippen LogP contribution in [0.25, 0.3) is 6.08 Å². The topological polar surface area (TPSA) is 52.6 Å². The lowest BCUT2D eigenvalue weighted by Crippen LogP contribution is -2.48. The number of carbonyl (C=O) groups is 1. The van der Waals surface area contributed by atoms with Crippen LogP contribution in [0.4, 0.5) is 5.82 Å². The van der Waals surface area contributed by atoms with Crippen LogP contribution in [0.1, 0.15) is 35.3 Å². The normalized spacial score (nSPS) is 14.3. The molecular formula is C29H34ClN5OS. The third-order valence-corrected chi connectivity index (χ3v) is 7.56. The molecule has 1 aromatic heterocycles. The molecule has 0 bridgehead atoms. The minimum absolute atomic E-state index is 0.0979. The number of rotatable bonds is 10. The van der Waals surface area contributed by atoms with Crippen molar-refractivity contribution in [1.82, 2.24) is 19.8 Å². The molecule has 1 aliphatic rings. The standard InChI is InChI=1S/C29H34ClN5OS/c1-3-34(4-2)27-21-26(30)31-29(32-27)37-22-24-12-14-25(15-13-24)28(36)35-19-17-33(18-20-35)16-8-11-23-9-6-5-7-10-23/h5-15,21H,3-4,16-20,22H2,1-2H3. The Morgan fingerprint density at radius 3 is 2.38 bits per heavy atom. The van der Waals surface area contributed by atoms with Crippen LogP contribution in [-0.4, -0.2) is 71.5 Å². The molecule has 8 heteroatoms. The lowest BCUT2D eigenvalue weighted by atomic mass is 10.1. The van der Waals surface area contributed by atoms with E-state index in [2.05, 4.69) is 57.9 Å². The molecule has 0 aliphatic carbocycles. The maximum Gasteiger partial charge on any atom is 0.253 e. The summed E-state index contributed by atoms with van der Waals surface area (Å²) in [5.41, 5.74) is 3.06. The lowest BCUT2D eigenvalue weighted by Gasteiger charge is -2.34. The Bertz CT molecular complexity index is 1180. The largest absolute Gasteiger partial charge is 0.357 e. The van der Waals surface area contributed by atoms with Gasteiger partial charge in [0.15, 0.2) is 5.16 Å². The number of amides is 1. The molecule has 1 amide bonds. The van der Waals surface area contributed by atoms with Crippen molar-refractivity contribution in [3.05, 3.63) is 88.6 Å². The summed E-state index contributed by atoms with van der Waals surface area (Å²) in [5, 5.41) is 1.11. The molecule has 1 fully saturated rings. The minimum atomic E-state index is 0.0979. The molecule has 0 spiro atoms. The van der Waals surface area contributed by atoms with Gasteiger partial charge in [0.25, 0.3) is 5.91 Å². The van der Waals surface area contributed by atoms with Crippen LogP contribution in [0.3, 0.4) is 0 Å². The molecule has 4 rings (SSSR count). The summed E-state index contributed by atoms with van der Waals surface area (Å²) >= 11 is 7.79. The Morgan fingerprint density at radius 1 is 1.00 bits per heavy atom. The van der Waals surface area contributed by atoms with Gasteiger partial charge in [0.2, 0.25) is 0 Å². The third-order valence-electron chi connectivity index (χ3n) is 6.45. The van der Waals surface area contributed by atoms with Crippen LogP contribution in [0.5, 0.6) is 0 Å². The molecule has 2 aromatic carbocycles. The molecule has 0 radical (unpaired) electrons. The number of carbonyl (C=O) groups excluding carboxylic acids is 1. The van der Waals surface area contributed by atoms with E-state index in [1.54, 1.807) is 17.8 Å². The molecule has 0 N–H and O–H groups in total. The van der Waals surface area contributed by atoms with Crippen molar-refractivity contribution < 1.29 is 4.79 Å². The van der Waals surface area contributed by atoms with E-state index in [4.69, 9.17) is 11.6 Å². The Labute approximate surface area is 229 Å². The summed E-state index contributed by atoms with van der Waals surface area (Å²) in [6.07, 6.45) is 4.35. The van der Waals surface area contributed by atoms with Crippen LogP contribution >= 0.6 is 23.4 Å². The van der Waals surface area contributed by atoms with E-state index in [9.17, 15) is 4.79 Å². The summed E-state index contributed by atoms with van der Waals surface area (Å²) in [7, 11) is 0. The van der Waals surface area contributed by atoms with Crippen molar-refractivity contribution in [3.63, 3.8) is 0 Å². The van der Waals surface area contributed by atoms with Gasteiger partial charge >= 0.3 is 0 Å². The smallest absolute Gasteiger partial charge is 0.253 e. The number of hydrogen-bond donors (Lipinski definition) is 0. The fourth-order valence-electron chi connectivity index (χ4n) is 4.27. The maximum atomic E-state index is 13.0. The van der Waals surface area contributed by atoms with Gasteiger partial charge in [0.05, 0.1) is 0 Å². The van der Waals surface area contributed by atoms with Crippen LogP contribution in [0.15, 0.2) is 71.9 Å². The second-order valence-corrected chi connectivity index (χ2v) is 10.2. The van der Waals surface area contributed by atoms with E-state index in [1.807, 2.05) is 47.4 Å². The van der Waals surface area contributed by atoms with Gasteiger partial charge in [-0.05, 0) is 37.1 Å². The molecule has 2 heterocycles. The van der Waals surface area contributed by atoms with Crippen molar-refractivity contribution in [2.75, 3.05) is 50.7 Å². The minimum Gasteiger partial charge on any atom is -0.357 e. The van der Waals surface area contributed by atoms with Crippen LogP contribution in [0.2, 0.25) is 5.15 Å². The molecule has 194 valence electrons. The highest BCUT2D eigenvalue weighted by molar-refractivity contribution is 7.98. The van der Waals surface area contributed by atoms with Gasteiger partial charge in [-0.25, -0.2) is 9.97 Å². The van der Waals surface area contributed by atoms with E-state index >= 15 is 0 Å². The third kappa shape index (κ3) is 7.81. The van der Waals surface area contributed by atoms with Crippen LogP contribution in [0, 0.1) is 0 Å². The van der Waals surface area contributed by atoms with Crippen LogP contribution in [-0.2, 0) is 5.75 Å². The van der Waals surface area contributed by atoms with Gasteiger partial charge in [-0.3, -0.25) is 9.69 Å². The number of thioether (sulfide) groups is 1. The van der Waals surface area contributed by atoms with Crippen molar-refractivity contribution in [3.8, 4) is 0 Å². The SMILES string of the molecule is CCN(CC)c1cc(Cl)nc(SCc2ccc(C(=O)N3CCN(CC=Cc4ccccc4)CC3)cc2)n1. The first-order valence-electron chi connectivity index (χ1n) is 12.8. The number of anilines is 1. The Balaban J connectivity index is 1.26. The number of piperazine rings is 1. The number of halogens is 1. The predicted molar refractivity (Wildman–Crippen MR) is 154 cm³/mol. The quantitative estimate of drug-likeness (QED) is 0.187. The monoisotopic (exact) mass is 535 g/mol. The molecule has 37 heavy (non-hydrogen) atoms. The lowest BCUT2D eigenvalue weighted by molar-refractivity contribution is 0.0650. The molecule has 0 atom stereocenters. The van der Waals surface area contributed by atoms with Gasteiger partial charge in [0.1, 0.15) is 11.0 Å². The zero-order valence-corrected chi connectivity index (χ0v) is 23.1. The first-order chi connectivity index (χ1) is 18.1. The average Bonchev–Trinajstić information content (AvgIpc) is 2.93. The van der Waals surface area contributed by atoms with Crippen molar-refractivity contribution >= 4 is 41.2 Å². The number of hydrogen-bond acceptors (Lipinski definition) is 6. The van der Waals surface area contributed by atoms with E-state index < -0.39 is 0 Å². The van der Waals surface area contributed by atoms with E-state index in [1.165, 1.54) is 5.56 Å². The molecular weight excluding hydrogens is 502 g/mol. The van der Waals surface area contributed by atoms with Crippen LogP contribution < -0.4 is 4.90 Å². The number of aromatic nitrogens is 2. The summed E-state index contributed by atoms with van der Waals surface area (Å²) in [5.74, 6) is 1.66. The van der Waals surface area contributed by atoms with Gasteiger partial charge in [-0.1, -0.05) is 78.0 Å². The highest BCUT2D eigenvalue weighted by Crippen LogP contribution is 2.25. The van der Waals surface area contributed by atoms with Gasteiger partial charge < -0.3 is 9.80 Å². The Kier molecular flexibility index (Phi) is 9.99. The first kappa shape index (κ1) is 27.2. The molecule has 6 nitrogen and oxygen atoms in total. The Morgan fingerprint density at radius 2 is 1.70 bits per heavy atom. The van der Waals surface area contributed by atoms with Gasteiger partial charge in [-0.15, -0.1) is 0 Å². The fraction of sp³-hybridized carbons (Fsp3) is 0.345. The molecule has 3 aromatic rings. The molecule has 1 aliphatic heterocycles. The highest BCUT2D eigenvalue weighted by Gasteiger charge is 2.21. The zero-order valence-electron chi connectivity index (χ0n) is 21.5. The van der Waals surface area contributed by atoms with Crippen molar-refractivity contribution in [1.29, 1.82) is 0 Å². The van der Waals surface area contributed by atoms with Gasteiger partial charge in [0, 0.05) is 63.2 Å². The Hall–Kier alpha value is -2.87. The summed E-state index contributed by atoms with van der Waals surface area (Å²) < 4.78 is 0. The maximum absolute atomic E-state index is 13.0.